The van der Waals surface area contributed by atoms with Gasteiger partial charge in [0.2, 0.25) is 5.91 Å². The lowest BCUT2D eigenvalue weighted by Crippen LogP contribution is -2.41. The van der Waals surface area contributed by atoms with E-state index in [4.69, 9.17) is 23.2 Å². The SMILES string of the molecule is CC1/C(=N/N=C2\NC(=O)CS2)CC(c2ccc(Cl)cc2)NC1c1ccc(Cl)cc1. The summed E-state index contributed by atoms with van der Waals surface area (Å²) in [6.45, 7) is 2.14. The van der Waals surface area contributed by atoms with E-state index in [0.717, 1.165) is 23.3 Å². The van der Waals surface area contributed by atoms with Crippen molar-refractivity contribution >= 4 is 51.8 Å². The van der Waals surface area contributed by atoms with E-state index in [-0.39, 0.29) is 23.9 Å². The number of amides is 1. The van der Waals surface area contributed by atoms with Crippen LogP contribution in [-0.2, 0) is 4.79 Å². The van der Waals surface area contributed by atoms with Crippen molar-refractivity contribution in [1.29, 1.82) is 0 Å². The molecular weight excluding hydrogens is 427 g/mol. The Kier molecular flexibility index (Phi) is 6.25. The molecule has 2 aromatic carbocycles. The highest BCUT2D eigenvalue weighted by Crippen LogP contribution is 2.36. The number of rotatable bonds is 3. The van der Waals surface area contributed by atoms with Gasteiger partial charge in [0, 0.05) is 40.2 Å². The smallest absolute Gasteiger partial charge is 0.236 e. The molecule has 0 saturated carbocycles. The second kappa shape index (κ2) is 8.88. The maximum atomic E-state index is 11.4. The molecule has 29 heavy (non-hydrogen) atoms. The van der Waals surface area contributed by atoms with Crippen LogP contribution >= 0.6 is 35.0 Å². The van der Waals surface area contributed by atoms with E-state index in [1.807, 2.05) is 48.5 Å². The first-order valence-corrected chi connectivity index (χ1v) is 11.1. The molecule has 2 fully saturated rings. The van der Waals surface area contributed by atoms with Gasteiger partial charge in [0.1, 0.15) is 0 Å². The molecule has 2 aromatic rings. The highest BCUT2D eigenvalue weighted by atomic mass is 35.5. The van der Waals surface area contributed by atoms with Crippen molar-refractivity contribution in [3.8, 4) is 0 Å². The number of hydrogen-bond acceptors (Lipinski definition) is 5. The second-order valence-electron chi connectivity index (χ2n) is 7.13. The van der Waals surface area contributed by atoms with E-state index in [1.54, 1.807) is 0 Å². The number of hydrogen-bond donors (Lipinski definition) is 2. The van der Waals surface area contributed by atoms with Gasteiger partial charge >= 0.3 is 0 Å². The molecule has 0 spiro atoms. The summed E-state index contributed by atoms with van der Waals surface area (Å²) < 4.78 is 0. The van der Waals surface area contributed by atoms with Gasteiger partial charge in [-0.05, 0) is 35.4 Å². The number of nitrogens with zero attached hydrogens (tertiary/aromatic N) is 2. The fourth-order valence-corrected chi connectivity index (χ4v) is 4.47. The van der Waals surface area contributed by atoms with Gasteiger partial charge in [0.15, 0.2) is 5.17 Å². The molecule has 3 unspecified atom stereocenters. The normalized spacial score (nSPS) is 27.4. The van der Waals surface area contributed by atoms with Crippen LogP contribution in [0.2, 0.25) is 10.0 Å². The van der Waals surface area contributed by atoms with Crippen LogP contribution in [0.4, 0.5) is 0 Å². The van der Waals surface area contributed by atoms with Gasteiger partial charge in [-0.3, -0.25) is 4.79 Å². The van der Waals surface area contributed by atoms with Crippen LogP contribution in [-0.4, -0.2) is 22.5 Å². The number of nitrogens with one attached hydrogen (secondary N) is 2. The minimum Gasteiger partial charge on any atom is -0.303 e. The molecule has 5 nitrogen and oxygen atoms in total. The zero-order chi connectivity index (χ0) is 20.4. The lowest BCUT2D eigenvalue weighted by atomic mass is 9.81. The number of amidine groups is 1. The van der Waals surface area contributed by atoms with Gasteiger partial charge in [-0.15, -0.1) is 5.10 Å². The van der Waals surface area contributed by atoms with Crippen LogP contribution < -0.4 is 10.6 Å². The van der Waals surface area contributed by atoms with Crippen molar-refractivity contribution < 1.29 is 4.79 Å². The summed E-state index contributed by atoms with van der Waals surface area (Å²) in [5.41, 5.74) is 3.27. The molecule has 150 valence electrons. The van der Waals surface area contributed by atoms with Crippen LogP contribution in [0.15, 0.2) is 58.7 Å². The lowest BCUT2D eigenvalue weighted by molar-refractivity contribution is -0.116. The van der Waals surface area contributed by atoms with Gasteiger partial charge in [-0.1, -0.05) is 66.2 Å². The predicted molar refractivity (Wildman–Crippen MR) is 121 cm³/mol. The Morgan fingerprint density at radius 1 is 0.966 bits per heavy atom. The minimum atomic E-state index is -0.0367. The topological polar surface area (TPSA) is 65.8 Å². The maximum Gasteiger partial charge on any atom is 0.236 e. The number of carbonyl (C=O) groups excluding carboxylic acids is 1. The molecule has 0 aliphatic carbocycles. The third-order valence-electron chi connectivity index (χ3n) is 5.18. The van der Waals surface area contributed by atoms with Crippen molar-refractivity contribution in [3.05, 3.63) is 69.7 Å². The number of piperidine rings is 1. The monoisotopic (exact) mass is 446 g/mol. The van der Waals surface area contributed by atoms with Gasteiger partial charge in [0.25, 0.3) is 0 Å². The molecule has 4 rings (SSSR count). The van der Waals surface area contributed by atoms with Crippen molar-refractivity contribution in [2.75, 3.05) is 5.75 Å². The summed E-state index contributed by atoms with van der Waals surface area (Å²) in [6.07, 6.45) is 0.724. The number of carbonyl (C=O) groups is 1. The van der Waals surface area contributed by atoms with Gasteiger partial charge in [0.05, 0.1) is 5.75 Å². The summed E-state index contributed by atoms with van der Waals surface area (Å²) in [4.78, 5) is 11.4. The van der Waals surface area contributed by atoms with Crippen LogP contribution in [0.5, 0.6) is 0 Å². The standard InChI is InChI=1S/C21H20Cl2N4OS/c1-12-17(26-27-21-25-19(28)11-29-21)10-18(13-2-6-15(22)7-3-13)24-20(12)14-4-8-16(23)9-5-14/h2-9,12,18,20,24H,10-11H2,1H3,(H,25,27,28)/b26-17+. The molecule has 2 heterocycles. The largest absolute Gasteiger partial charge is 0.303 e. The van der Waals surface area contributed by atoms with E-state index in [0.29, 0.717) is 21.0 Å². The molecule has 0 bridgehead atoms. The first-order valence-electron chi connectivity index (χ1n) is 9.33. The van der Waals surface area contributed by atoms with Crippen LogP contribution in [0.25, 0.3) is 0 Å². The molecule has 2 aliphatic heterocycles. The predicted octanol–water partition coefficient (Wildman–Crippen LogP) is 4.98. The number of halogens is 2. The zero-order valence-corrected chi connectivity index (χ0v) is 18.1. The summed E-state index contributed by atoms with van der Waals surface area (Å²) in [6, 6.07) is 15.9. The van der Waals surface area contributed by atoms with E-state index in [1.165, 1.54) is 11.8 Å². The highest BCUT2D eigenvalue weighted by Gasteiger charge is 2.34. The summed E-state index contributed by atoms with van der Waals surface area (Å²) >= 11 is 13.5. The van der Waals surface area contributed by atoms with Crippen molar-refractivity contribution in [2.45, 2.75) is 25.4 Å². The van der Waals surface area contributed by atoms with Crippen LogP contribution in [0, 0.1) is 5.92 Å². The fraction of sp³-hybridized carbons (Fsp3) is 0.286. The molecule has 0 radical (unpaired) electrons. The fourth-order valence-electron chi connectivity index (χ4n) is 3.59. The Bertz CT molecular complexity index is 960. The number of thioether (sulfide) groups is 1. The van der Waals surface area contributed by atoms with Gasteiger partial charge in [-0.25, -0.2) is 0 Å². The van der Waals surface area contributed by atoms with Gasteiger partial charge < -0.3 is 10.6 Å². The number of benzene rings is 2. The van der Waals surface area contributed by atoms with Crippen LogP contribution in [0.3, 0.4) is 0 Å². The Labute approximate surface area is 184 Å². The average Bonchev–Trinajstić information content (AvgIpc) is 3.14. The summed E-state index contributed by atoms with van der Waals surface area (Å²) in [5, 5.41) is 17.3. The van der Waals surface area contributed by atoms with Crippen molar-refractivity contribution in [2.24, 2.45) is 16.1 Å². The van der Waals surface area contributed by atoms with Crippen molar-refractivity contribution in [3.63, 3.8) is 0 Å². The lowest BCUT2D eigenvalue weighted by Gasteiger charge is -2.37. The second-order valence-corrected chi connectivity index (χ2v) is 8.96. The molecule has 8 heteroatoms. The Balaban J connectivity index is 1.66. The Morgan fingerprint density at radius 3 is 2.17 bits per heavy atom. The van der Waals surface area contributed by atoms with E-state index >= 15 is 0 Å². The Morgan fingerprint density at radius 2 is 1.59 bits per heavy atom. The quantitative estimate of drug-likeness (QED) is 0.653. The first-order chi connectivity index (χ1) is 14.0. The molecule has 3 atom stereocenters. The third kappa shape index (κ3) is 4.83. The molecule has 2 saturated heterocycles. The van der Waals surface area contributed by atoms with Crippen molar-refractivity contribution in [1.82, 2.24) is 10.6 Å². The van der Waals surface area contributed by atoms with Gasteiger partial charge in [-0.2, -0.15) is 5.10 Å². The Hall–Kier alpha value is -1.86. The molecular formula is C21H20Cl2N4OS. The highest BCUT2D eigenvalue weighted by molar-refractivity contribution is 8.15. The van der Waals surface area contributed by atoms with E-state index in [9.17, 15) is 4.79 Å². The maximum absolute atomic E-state index is 11.4. The molecule has 2 N–H and O–H groups in total. The summed E-state index contributed by atoms with van der Waals surface area (Å²) in [7, 11) is 0. The van der Waals surface area contributed by atoms with E-state index < -0.39 is 0 Å². The molecule has 1 amide bonds. The average molecular weight is 447 g/mol. The molecule has 0 aromatic heterocycles. The van der Waals surface area contributed by atoms with E-state index in [2.05, 4.69) is 27.8 Å². The molecule has 2 aliphatic rings. The first kappa shape index (κ1) is 20.4. The minimum absolute atomic E-state index is 0.0367. The zero-order valence-electron chi connectivity index (χ0n) is 15.7. The van der Waals surface area contributed by atoms with Crippen LogP contribution in [0.1, 0.15) is 36.6 Å². The third-order valence-corrected chi connectivity index (χ3v) is 6.54. The summed E-state index contributed by atoms with van der Waals surface area (Å²) in [5.74, 6) is 0.485.